The Labute approximate surface area is 231 Å². The number of methoxy groups -OCH3 is 1. The van der Waals surface area contributed by atoms with Crippen molar-refractivity contribution in [1.29, 1.82) is 0 Å². The van der Waals surface area contributed by atoms with Gasteiger partial charge in [-0.25, -0.2) is 23.7 Å². The number of carbonyl (C=O) groups is 2. The van der Waals surface area contributed by atoms with Crippen LogP contribution in [0, 0.1) is 5.92 Å². The van der Waals surface area contributed by atoms with Gasteiger partial charge in [0.2, 0.25) is 5.88 Å². The first-order valence-electron chi connectivity index (χ1n) is 12.8. The van der Waals surface area contributed by atoms with Crippen molar-refractivity contribution in [2.45, 2.75) is 37.8 Å². The largest absolute Gasteiger partial charge is 0.480 e. The number of halogens is 4. The number of carbonyl (C=O) groups excluding carboxylic acids is 1. The number of alkyl halides is 4. The Kier molecular flexibility index (Phi) is 7.59. The van der Waals surface area contributed by atoms with E-state index in [9.17, 15) is 27.2 Å². The summed E-state index contributed by atoms with van der Waals surface area (Å²) in [4.78, 5) is 35.5. The van der Waals surface area contributed by atoms with Crippen LogP contribution in [0.4, 0.5) is 28.2 Å². The van der Waals surface area contributed by atoms with Gasteiger partial charge in [0.05, 0.1) is 31.3 Å². The molecule has 2 saturated heterocycles. The molecule has 0 unspecified atom stereocenters. The molecule has 12 nitrogen and oxygen atoms in total. The van der Waals surface area contributed by atoms with Crippen molar-refractivity contribution in [3.8, 4) is 17.1 Å². The minimum Gasteiger partial charge on any atom is -0.480 e. The number of anilines is 1. The first-order chi connectivity index (χ1) is 19.5. The van der Waals surface area contributed by atoms with E-state index in [1.807, 2.05) is 4.90 Å². The Balaban J connectivity index is 1.43. The highest BCUT2D eigenvalue weighted by molar-refractivity contribution is 5.98. The number of fused-ring (bicyclic) bond motifs is 1. The number of likely N-dealkylation sites (tertiary alicyclic amines) is 2. The van der Waals surface area contributed by atoms with Gasteiger partial charge in [-0.2, -0.15) is 18.3 Å². The molecule has 2 aliphatic heterocycles. The summed E-state index contributed by atoms with van der Waals surface area (Å²) >= 11 is 0. The highest BCUT2D eigenvalue weighted by Crippen LogP contribution is 2.36. The molecule has 0 saturated carbocycles. The number of nitrogens with one attached hydrogen (secondary N) is 1. The van der Waals surface area contributed by atoms with Gasteiger partial charge in [0, 0.05) is 24.8 Å². The number of hydrogen-bond acceptors (Lipinski definition) is 8. The molecule has 2 fully saturated rings. The maximum Gasteiger partial charge on any atom is 0.407 e. The van der Waals surface area contributed by atoms with E-state index in [1.54, 1.807) is 6.07 Å². The second-order valence-electron chi connectivity index (χ2n) is 10.1. The quantitative estimate of drug-likeness (QED) is 0.374. The van der Waals surface area contributed by atoms with Crippen LogP contribution in [0.2, 0.25) is 0 Å². The molecule has 3 aromatic rings. The Morgan fingerprint density at radius 1 is 1.20 bits per heavy atom. The first-order valence-corrected chi connectivity index (χ1v) is 12.8. The Hall–Kier alpha value is -4.21. The number of nitrogen functional groups attached to an aromatic ring is 1. The molecule has 2 atom stereocenters. The Morgan fingerprint density at radius 2 is 1.93 bits per heavy atom. The fraction of sp³-hybridized carbons (Fsp3) is 0.480. The summed E-state index contributed by atoms with van der Waals surface area (Å²) in [5.74, 6) is -1.90. The van der Waals surface area contributed by atoms with Gasteiger partial charge >= 0.3 is 12.3 Å². The molecule has 220 valence electrons. The number of ether oxygens (including phenoxy) is 1. The number of aromatic nitrogens is 4. The van der Waals surface area contributed by atoms with Gasteiger partial charge in [0.15, 0.2) is 5.82 Å². The number of carboxylic acid groups (broad SMARTS) is 1. The highest BCUT2D eigenvalue weighted by Gasteiger charge is 2.41. The van der Waals surface area contributed by atoms with Crippen molar-refractivity contribution in [3.05, 3.63) is 35.8 Å². The molecule has 5 rings (SSSR count). The molecule has 2 amide bonds. The van der Waals surface area contributed by atoms with Gasteiger partial charge in [0.25, 0.3) is 5.91 Å². The van der Waals surface area contributed by atoms with E-state index in [0.29, 0.717) is 28.9 Å². The number of hydrogen-bond donors (Lipinski definition) is 3. The molecule has 4 N–H and O–H groups in total. The number of nitrogens with two attached hydrogens (primary N) is 1. The number of amides is 2. The summed E-state index contributed by atoms with van der Waals surface area (Å²) in [7, 11) is 1.32. The van der Waals surface area contributed by atoms with E-state index in [1.165, 1.54) is 30.2 Å². The van der Waals surface area contributed by atoms with Crippen LogP contribution < -0.4 is 15.8 Å². The maximum atomic E-state index is 14.4. The van der Waals surface area contributed by atoms with Crippen molar-refractivity contribution in [2.24, 2.45) is 5.92 Å². The molecule has 0 aromatic carbocycles. The second-order valence-corrected chi connectivity index (χ2v) is 10.1. The van der Waals surface area contributed by atoms with Crippen LogP contribution in [0.15, 0.2) is 24.7 Å². The zero-order chi connectivity index (χ0) is 29.5. The zero-order valence-corrected chi connectivity index (χ0v) is 21.9. The van der Waals surface area contributed by atoms with Crippen molar-refractivity contribution >= 4 is 23.3 Å². The number of nitrogens with zero attached hydrogens (tertiary/aromatic N) is 6. The van der Waals surface area contributed by atoms with Crippen LogP contribution in [0.3, 0.4) is 0 Å². The molecule has 5 heterocycles. The summed E-state index contributed by atoms with van der Waals surface area (Å²) in [6, 6.07) is 2.19. The van der Waals surface area contributed by atoms with Gasteiger partial charge in [-0.1, -0.05) is 0 Å². The molecular formula is C25H28F4N8O4. The van der Waals surface area contributed by atoms with Gasteiger partial charge in [-0.15, -0.1) is 0 Å². The van der Waals surface area contributed by atoms with E-state index >= 15 is 0 Å². The van der Waals surface area contributed by atoms with Gasteiger partial charge in [0.1, 0.15) is 23.6 Å². The monoisotopic (exact) mass is 580 g/mol. The average molecular weight is 581 g/mol. The lowest BCUT2D eigenvalue weighted by Gasteiger charge is -2.32. The van der Waals surface area contributed by atoms with Crippen molar-refractivity contribution in [3.63, 3.8) is 0 Å². The Morgan fingerprint density at radius 3 is 2.56 bits per heavy atom. The summed E-state index contributed by atoms with van der Waals surface area (Å²) in [6.07, 6.45) is -4.38. The third kappa shape index (κ3) is 5.68. The van der Waals surface area contributed by atoms with E-state index in [4.69, 9.17) is 15.6 Å². The van der Waals surface area contributed by atoms with Crippen molar-refractivity contribution < 1.29 is 37.0 Å². The third-order valence-corrected chi connectivity index (χ3v) is 7.53. The lowest BCUT2D eigenvalue weighted by molar-refractivity contribution is -0.185. The highest BCUT2D eigenvalue weighted by atomic mass is 19.4. The van der Waals surface area contributed by atoms with E-state index in [2.05, 4.69) is 20.4 Å². The Bertz CT molecular complexity index is 1460. The van der Waals surface area contributed by atoms with Crippen LogP contribution in [-0.2, 0) is 6.54 Å². The van der Waals surface area contributed by atoms with Gasteiger partial charge < -0.3 is 25.8 Å². The van der Waals surface area contributed by atoms with Gasteiger partial charge in [-0.3, -0.25) is 9.69 Å². The van der Waals surface area contributed by atoms with E-state index in [-0.39, 0.29) is 56.3 Å². The summed E-state index contributed by atoms with van der Waals surface area (Å²) in [5, 5.41) is 16.0. The SMILES string of the molecule is COc1ncc(-c2cc(CN3CCC(C(F)(F)F)CC3)c3c(N)ncnn23)cc1C(=O)N[C@@H]1CN(C(=O)O)C[C@@H]1F. The molecule has 16 heteroatoms. The number of pyridine rings is 1. The topological polar surface area (TPSA) is 151 Å². The fourth-order valence-electron chi connectivity index (χ4n) is 5.35. The van der Waals surface area contributed by atoms with Crippen molar-refractivity contribution in [2.75, 3.05) is 39.0 Å². The number of piperidine rings is 1. The van der Waals surface area contributed by atoms with Crippen LogP contribution in [0.1, 0.15) is 28.8 Å². The standard InChI is InChI=1S/C25H28F4N8O4/c1-41-23-16(22(38)34-18-11-36(24(39)40)10-17(18)26)6-13(8-31-23)19-7-14(20-21(30)32-12-33-37(19)20)9-35-4-2-15(3-5-35)25(27,28)29/h6-8,12,15,17-18H,2-5,9-11H2,1H3,(H,34,38)(H,39,40)(H2,30,32,33)/t17-,18+/m0/s1. The molecule has 0 bridgehead atoms. The van der Waals surface area contributed by atoms with Gasteiger partial charge in [-0.05, 0) is 43.6 Å². The van der Waals surface area contributed by atoms with Crippen LogP contribution in [-0.4, -0.2) is 98.2 Å². The van der Waals surface area contributed by atoms with Crippen molar-refractivity contribution in [1.82, 2.24) is 34.7 Å². The summed E-state index contributed by atoms with van der Waals surface area (Å²) < 4.78 is 60.6. The molecule has 41 heavy (non-hydrogen) atoms. The minimum atomic E-state index is -4.22. The average Bonchev–Trinajstić information content (AvgIpc) is 3.49. The first kappa shape index (κ1) is 28.3. The summed E-state index contributed by atoms with van der Waals surface area (Å²) in [5.41, 5.74) is 8.24. The zero-order valence-electron chi connectivity index (χ0n) is 21.9. The lowest BCUT2D eigenvalue weighted by Crippen LogP contribution is -2.41. The maximum absolute atomic E-state index is 14.4. The van der Waals surface area contributed by atoms with Crippen LogP contribution in [0.5, 0.6) is 5.88 Å². The predicted octanol–water partition coefficient (Wildman–Crippen LogP) is 2.59. The van der Waals surface area contributed by atoms with Crippen LogP contribution >= 0.6 is 0 Å². The third-order valence-electron chi connectivity index (χ3n) is 7.53. The molecule has 0 spiro atoms. The molecule has 0 aliphatic carbocycles. The van der Waals surface area contributed by atoms with Crippen LogP contribution in [0.25, 0.3) is 16.8 Å². The lowest BCUT2D eigenvalue weighted by atomic mass is 9.96. The molecule has 0 radical (unpaired) electrons. The fourth-order valence-corrected chi connectivity index (χ4v) is 5.35. The normalized spacial score (nSPS) is 20.5. The number of rotatable bonds is 6. The van der Waals surface area contributed by atoms with E-state index < -0.39 is 36.3 Å². The predicted molar refractivity (Wildman–Crippen MR) is 137 cm³/mol. The molecular weight excluding hydrogens is 552 g/mol. The summed E-state index contributed by atoms with van der Waals surface area (Å²) in [6.45, 7) is 0.260. The molecule has 2 aliphatic rings. The van der Waals surface area contributed by atoms with E-state index in [0.717, 1.165) is 4.90 Å². The minimum absolute atomic E-state index is 0.0000488. The smallest absolute Gasteiger partial charge is 0.407 e. The second kappa shape index (κ2) is 11.0. The molecule has 3 aromatic heterocycles.